The second-order valence-electron chi connectivity index (χ2n) is 6.12. The predicted octanol–water partition coefficient (Wildman–Crippen LogP) is 1.32. The second-order valence-corrected chi connectivity index (χ2v) is 6.12. The van der Waals surface area contributed by atoms with Gasteiger partial charge in [-0.25, -0.2) is 4.98 Å². The molecule has 0 bridgehead atoms. The first-order chi connectivity index (χ1) is 11.4. The van der Waals surface area contributed by atoms with Crippen LogP contribution >= 0.6 is 12.4 Å². The Morgan fingerprint density at radius 3 is 2.64 bits per heavy atom. The van der Waals surface area contributed by atoms with Crippen LogP contribution in [0.5, 0.6) is 0 Å². The van der Waals surface area contributed by atoms with Crippen molar-refractivity contribution >= 4 is 35.3 Å². The van der Waals surface area contributed by atoms with Crippen LogP contribution in [0, 0.1) is 12.8 Å². The zero-order valence-electron chi connectivity index (χ0n) is 14.7. The van der Waals surface area contributed by atoms with Gasteiger partial charge in [0.05, 0.1) is 12.6 Å². The van der Waals surface area contributed by atoms with Crippen molar-refractivity contribution in [1.29, 1.82) is 0 Å². The van der Waals surface area contributed by atoms with Crippen molar-refractivity contribution in [2.45, 2.75) is 33.2 Å². The van der Waals surface area contributed by atoms with Crippen LogP contribution in [0.1, 0.15) is 25.3 Å². The molecule has 4 N–H and O–H groups in total. The number of benzene rings is 1. The van der Waals surface area contributed by atoms with Crippen LogP contribution in [0.25, 0.3) is 11.1 Å². The number of nitrogens with two attached hydrogens (primary N) is 1. The van der Waals surface area contributed by atoms with Crippen LogP contribution in [0.15, 0.2) is 22.6 Å². The van der Waals surface area contributed by atoms with Crippen molar-refractivity contribution in [1.82, 2.24) is 15.6 Å². The third-order valence-electron chi connectivity index (χ3n) is 3.77. The fourth-order valence-electron chi connectivity index (χ4n) is 2.20. The summed E-state index contributed by atoms with van der Waals surface area (Å²) in [6.45, 7) is 5.97. The molecular weight excluding hydrogens is 344 g/mol. The summed E-state index contributed by atoms with van der Waals surface area (Å²) in [6, 6.07) is 5.14. The summed E-state index contributed by atoms with van der Waals surface area (Å²) < 4.78 is 5.64. The van der Waals surface area contributed by atoms with E-state index < -0.39 is 6.04 Å². The predicted molar refractivity (Wildman–Crippen MR) is 98.5 cm³/mol. The summed E-state index contributed by atoms with van der Waals surface area (Å²) in [6.07, 6.45) is 0.485. The molecule has 0 aliphatic rings. The molecule has 0 saturated heterocycles. The Kier molecular flexibility index (Phi) is 7.86. The highest BCUT2D eigenvalue weighted by atomic mass is 35.5. The van der Waals surface area contributed by atoms with Gasteiger partial charge in [0.15, 0.2) is 11.5 Å². The SMILES string of the molecule is Cc1cccc2oc(CCNC(=O)CNC(=O)[C@@H](N)C(C)C)nc12.Cl. The lowest BCUT2D eigenvalue weighted by Crippen LogP contribution is -2.47. The highest BCUT2D eigenvalue weighted by Gasteiger charge is 2.17. The maximum absolute atomic E-state index is 11.7. The maximum atomic E-state index is 11.7. The molecular formula is C17H25ClN4O3. The molecule has 8 heteroatoms. The van der Waals surface area contributed by atoms with E-state index in [1.165, 1.54) is 0 Å². The fourth-order valence-corrected chi connectivity index (χ4v) is 2.20. The van der Waals surface area contributed by atoms with E-state index in [9.17, 15) is 9.59 Å². The van der Waals surface area contributed by atoms with E-state index in [0.717, 1.165) is 16.7 Å². The Bertz CT molecular complexity index is 730. The lowest BCUT2D eigenvalue weighted by atomic mass is 10.1. The zero-order chi connectivity index (χ0) is 17.7. The normalized spacial score (nSPS) is 11.9. The number of hydrogen-bond donors (Lipinski definition) is 3. The Hall–Kier alpha value is -2.12. The minimum Gasteiger partial charge on any atom is -0.441 e. The Morgan fingerprint density at radius 2 is 2.00 bits per heavy atom. The summed E-state index contributed by atoms with van der Waals surface area (Å²) in [5.41, 5.74) is 8.34. The first kappa shape index (κ1) is 20.9. The first-order valence-electron chi connectivity index (χ1n) is 8.03. The summed E-state index contributed by atoms with van der Waals surface area (Å²) in [5, 5.41) is 5.25. The number of para-hydroxylation sites is 1. The van der Waals surface area contributed by atoms with Crippen molar-refractivity contribution in [3.8, 4) is 0 Å². The van der Waals surface area contributed by atoms with Crippen molar-refractivity contribution in [2.75, 3.05) is 13.1 Å². The van der Waals surface area contributed by atoms with E-state index >= 15 is 0 Å². The van der Waals surface area contributed by atoms with E-state index in [-0.39, 0.29) is 36.7 Å². The molecule has 1 heterocycles. The molecule has 1 atom stereocenters. The zero-order valence-corrected chi connectivity index (χ0v) is 15.5. The average molecular weight is 369 g/mol. The molecule has 0 saturated carbocycles. The van der Waals surface area contributed by atoms with Gasteiger partial charge in [-0.15, -0.1) is 12.4 Å². The molecule has 1 aromatic heterocycles. The molecule has 0 aliphatic heterocycles. The molecule has 2 amide bonds. The van der Waals surface area contributed by atoms with Crippen LogP contribution < -0.4 is 16.4 Å². The second kappa shape index (κ2) is 9.39. The molecule has 0 unspecified atom stereocenters. The van der Waals surface area contributed by atoms with Crippen molar-refractivity contribution < 1.29 is 14.0 Å². The third kappa shape index (κ3) is 5.72. The number of halogens is 1. The van der Waals surface area contributed by atoms with E-state index in [0.29, 0.717) is 18.9 Å². The van der Waals surface area contributed by atoms with Crippen molar-refractivity contribution in [3.05, 3.63) is 29.7 Å². The van der Waals surface area contributed by atoms with Crippen LogP contribution in [0.4, 0.5) is 0 Å². The first-order valence-corrected chi connectivity index (χ1v) is 8.03. The van der Waals surface area contributed by atoms with E-state index in [1.54, 1.807) is 0 Å². The number of rotatable bonds is 7. The highest BCUT2D eigenvalue weighted by Crippen LogP contribution is 2.18. The number of fused-ring (bicyclic) bond motifs is 1. The summed E-state index contributed by atoms with van der Waals surface area (Å²) in [7, 11) is 0. The lowest BCUT2D eigenvalue weighted by molar-refractivity contribution is -0.127. The van der Waals surface area contributed by atoms with Gasteiger partial charge in [0.2, 0.25) is 11.8 Å². The molecule has 0 aliphatic carbocycles. The van der Waals surface area contributed by atoms with Crippen LogP contribution in [-0.2, 0) is 16.0 Å². The minimum absolute atomic E-state index is 0. The molecule has 1 aromatic carbocycles. The molecule has 138 valence electrons. The Morgan fingerprint density at radius 1 is 1.28 bits per heavy atom. The van der Waals surface area contributed by atoms with Gasteiger partial charge < -0.3 is 20.8 Å². The van der Waals surface area contributed by atoms with E-state index in [1.807, 2.05) is 39.0 Å². The van der Waals surface area contributed by atoms with Crippen molar-refractivity contribution in [2.24, 2.45) is 11.7 Å². The number of nitrogens with one attached hydrogen (secondary N) is 2. The fraction of sp³-hybridized carbons (Fsp3) is 0.471. The Labute approximate surface area is 153 Å². The lowest BCUT2D eigenvalue weighted by Gasteiger charge is -2.15. The molecule has 2 aromatic rings. The van der Waals surface area contributed by atoms with E-state index in [2.05, 4.69) is 15.6 Å². The van der Waals surface area contributed by atoms with Crippen molar-refractivity contribution in [3.63, 3.8) is 0 Å². The number of carbonyl (C=O) groups is 2. The summed E-state index contributed by atoms with van der Waals surface area (Å²) >= 11 is 0. The minimum atomic E-state index is -0.610. The van der Waals surface area contributed by atoms with Gasteiger partial charge >= 0.3 is 0 Å². The van der Waals surface area contributed by atoms with Crippen LogP contribution in [-0.4, -0.2) is 35.9 Å². The molecule has 0 radical (unpaired) electrons. The molecule has 0 fully saturated rings. The van der Waals surface area contributed by atoms with Gasteiger partial charge in [-0.1, -0.05) is 26.0 Å². The average Bonchev–Trinajstić information content (AvgIpc) is 2.96. The quantitative estimate of drug-likeness (QED) is 0.682. The van der Waals surface area contributed by atoms with Crippen LogP contribution in [0.2, 0.25) is 0 Å². The number of amides is 2. The van der Waals surface area contributed by atoms with Gasteiger partial charge in [-0.2, -0.15) is 0 Å². The van der Waals surface area contributed by atoms with Crippen LogP contribution in [0.3, 0.4) is 0 Å². The number of aryl methyl sites for hydroxylation is 1. The van der Waals surface area contributed by atoms with Gasteiger partial charge in [0.25, 0.3) is 0 Å². The number of hydrogen-bond acceptors (Lipinski definition) is 5. The smallest absolute Gasteiger partial charge is 0.239 e. The molecule has 0 spiro atoms. The molecule has 25 heavy (non-hydrogen) atoms. The largest absolute Gasteiger partial charge is 0.441 e. The number of nitrogens with zero attached hydrogens (tertiary/aromatic N) is 1. The van der Waals surface area contributed by atoms with Gasteiger partial charge in [-0.05, 0) is 24.5 Å². The highest BCUT2D eigenvalue weighted by molar-refractivity contribution is 5.87. The van der Waals surface area contributed by atoms with Gasteiger partial charge in [0.1, 0.15) is 5.52 Å². The van der Waals surface area contributed by atoms with Gasteiger partial charge in [-0.3, -0.25) is 9.59 Å². The van der Waals surface area contributed by atoms with Gasteiger partial charge in [0, 0.05) is 13.0 Å². The standard InChI is InChI=1S/C17H24N4O3.ClH/c1-10(2)15(18)17(23)20-9-13(22)19-8-7-14-21-16-11(3)5-4-6-12(16)24-14;/h4-6,10,15H,7-9,18H2,1-3H3,(H,19,22)(H,20,23);1H/t15-;/m0./s1. The maximum Gasteiger partial charge on any atom is 0.239 e. The number of carbonyl (C=O) groups excluding carboxylic acids is 2. The number of oxazole rings is 1. The summed E-state index contributed by atoms with van der Waals surface area (Å²) in [4.78, 5) is 27.8. The monoisotopic (exact) mass is 368 g/mol. The van der Waals surface area contributed by atoms with E-state index in [4.69, 9.17) is 10.2 Å². The number of aromatic nitrogens is 1. The third-order valence-corrected chi connectivity index (χ3v) is 3.77. The Balaban J connectivity index is 0.00000312. The topological polar surface area (TPSA) is 110 Å². The molecule has 2 rings (SSSR count). The molecule has 7 nitrogen and oxygen atoms in total. The summed E-state index contributed by atoms with van der Waals surface area (Å²) in [5.74, 6) is 0.00215.